The van der Waals surface area contributed by atoms with Crippen molar-refractivity contribution in [1.29, 1.82) is 0 Å². The first kappa shape index (κ1) is 17.1. The van der Waals surface area contributed by atoms with Gasteiger partial charge in [0.05, 0.1) is 6.61 Å². The summed E-state index contributed by atoms with van der Waals surface area (Å²) in [5.41, 5.74) is 0. The van der Waals surface area contributed by atoms with Gasteiger partial charge in [0.2, 0.25) is 0 Å². The van der Waals surface area contributed by atoms with Gasteiger partial charge in [-0.1, -0.05) is 13.8 Å². The van der Waals surface area contributed by atoms with E-state index < -0.39 is 0 Å². The molecule has 20 heavy (non-hydrogen) atoms. The third-order valence-electron chi connectivity index (χ3n) is 3.33. The van der Waals surface area contributed by atoms with E-state index in [-0.39, 0.29) is 0 Å². The minimum atomic E-state index is 0.369. The first-order chi connectivity index (χ1) is 9.54. The summed E-state index contributed by atoms with van der Waals surface area (Å²) in [7, 11) is 1.73. The van der Waals surface area contributed by atoms with Gasteiger partial charge in [0.25, 0.3) is 0 Å². The maximum Gasteiger partial charge on any atom is 0.138 e. The second-order valence-electron chi connectivity index (χ2n) is 6.11. The quantitative estimate of drug-likeness (QED) is 0.669. The fourth-order valence-electron chi connectivity index (χ4n) is 2.50. The maximum absolute atomic E-state index is 5.07. The molecule has 1 aromatic rings. The molecule has 0 aliphatic rings. The lowest BCUT2D eigenvalue weighted by molar-refractivity contribution is 0.196. The van der Waals surface area contributed by atoms with Crippen molar-refractivity contribution in [3.8, 4) is 0 Å². The van der Waals surface area contributed by atoms with Crippen LogP contribution in [-0.2, 0) is 11.2 Å². The van der Waals surface area contributed by atoms with Crippen molar-refractivity contribution in [2.24, 2.45) is 11.8 Å². The molecule has 0 fully saturated rings. The SMILES string of the molecule is COCCNCC(Cc1ncnn1C(C)C)CC(C)C. The largest absolute Gasteiger partial charge is 0.383 e. The molecular formula is C15H30N4O. The summed E-state index contributed by atoms with van der Waals surface area (Å²) in [6, 6.07) is 0.369. The number of rotatable bonds is 10. The molecule has 1 rings (SSSR count). The lowest BCUT2D eigenvalue weighted by Crippen LogP contribution is -2.29. The topological polar surface area (TPSA) is 52.0 Å². The molecule has 0 aromatic carbocycles. The number of ether oxygens (including phenoxy) is 1. The Morgan fingerprint density at radius 1 is 1.30 bits per heavy atom. The predicted molar refractivity (Wildman–Crippen MR) is 81.8 cm³/mol. The molecule has 116 valence electrons. The molecule has 1 aromatic heterocycles. The van der Waals surface area contributed by atoms with E-state index in [0.717, 1.165) is 31.9 Å². The van der Waals surface area contributed by atoms with E-state index in [1.165, 1.54) is 6.42 Å². The molecule has 1 atom stereocenters. The van der Waals surface area contributed by atoms with Gasteiger partial charge in [0.15, 0.2) is 0 Å². The predicted octanol–water partition coefficient (Wildman–Crippen LogP) is 2.30. The Hall–Kier alpha value is -0.940. The number of methoxy groups -OCH3 is 1. The second kappa shape index (κ2) is 9.08. The highest BCUT2D eigenvalue weighted by Gasteiger charge is 2.16. The van der Waals surface area contributed by atoms with Crippen molar-refractivity contribution < 1.29 is 4.74 Å². The van der Waals surface area contributed by atoms with Crippen LogP contribution in [-0.4, -0.2) is 41.6 Å². The van der Waals surface area contributed by atoms with Crippen LogP contribution in [0.3, 0.4) is 0 Å². The van der Waals surface area contributed by atoms with Crippen molar-refractivity contribution in [3.05, 3.63) is 12.2 Å². The molecule has 0 aliphatic heterocycles. The molecule has 0 radical (unpaired) electrons. The summed E-state index contributed by atoms with van der Waals surface area (Å²) in [5, 5.41) is 7.79. The van der Waals surface area contributed by atoms with Gasteiger partial charge < -0.3 is 10.1 Å². The van der Waals surface area contributed by atoms with Crippen LogP contribution in [0.2, 0.25) is 0 Å². The Kier molecular flexibility index (Phi) is 7.77. The average Bonchev–Trinajstić information content (AvgIpc) is 2.82. The second-order valence-corrected chi connectivity index (χ2v) is 6.11. The first-order valence-corrected chi connectivity index (χ1v) is 7.62. The normalized spacial score (nSPS) is 13.3. The van der Waals surface area contributed by atoms with Gasteiger partial charge in [0, 0.05) is 26.1 Å². The van der Waals surface area contributed by atoms with E-state index in [0.29, 0.717) is 17.9 Å². The summed E-state index contributed by atoms with van der Waals surface area (Å²) < 4.78 is 7.10. The molecule has 1 heterocycles. The van der Waals surface area contributed by atoms with Crippen molar-refractivity contribution in [1.82, 2.24) is 20.1 Å². The van der Waals surface area contributed by atoms with E-state index >= 15 is 0 Å². The zero-order valence-electron chi connectivity index (χ0n) is 13.6. The Morgan fingerprint density at radius 3 is 2.65 bits per heavy atom. The Labute approximate surface area is 123 Å². The van der Waals surface area contributed by atoms with Crippen molar-refractivity contribution in [2.45, 2.75) is 46.6 Å². The van der Waals surface area contributed by atoms with E-state index in [1.807, 2.05) is 4.68 Å². The van der Waals surface area contributed by atoms with Crippen LogP contribution in [0.25, 0.3) is 0 Å². The van der Waals surface area contributed by atoms with Crippen LogP contribution in [0.4, 0.5) is 0 Å². The zero-order chi connectivity index (χ0) is 15.0. The Morgan fingerprint density at radius 2 is 2.05 bits per heavy atom. The molecule has 1 unspecified atom stereocenters. The zero-order valence-corrected chi connectivity index (χ0v) is 13.6. The van der Waals surface area contributed by atoms with Crippen LogP contribution in [0.15, 0.2) is 6.33 Å². The summed E-state index contributed by atoms with van der Waals surface area (Å²) >= 11 is 0. The van der Waals surface area contributed by atoms with Crippen molar-refractivity contribution >= 4 is 0 Å². The average molecular weight is 282 g/mol. The molecule has 0 saturated carbocycles. The standard InChI is InChI=1S/C15H30N4O/c1-12(2)8-14(10-16-6-7-20-5)9-15-17-11-18-19(15)13(3)4/h11-14,16H,6-10H2,1-5H3. The Bertz CT molecular complexity index is 363. The molecule has 5 heteroatoms. The number of aromatic nitrogens is 3. The highest BCUT2D eigenvalue weighted by molar-refractivity contribution is 4.90. The van der Waals surface area contributed by atoms with Crippen LogP contribution in [0, 0.1) is 11.8 Å². The molecule has 0 saturated heterocycles. The molecule has 1 N–H and O–H groups in total. The summed E-state index contributed by atoms with van der Waals surface area (Å²) in [6.45, 7) is 11.5. The number of nitrogens with zero attached hydrogens (tertiary/aromatic N) is 3. The van der Waals surface area contributed by atoms with Crippen molar-refractivity contribution in [3.63, 3.8) is 0 Å². The first-order valence-electron chi connectivity index (χ1n) is 7.62. The lowest BCUT2D eigenvalue weighted by atomic mass is 9.93. The minimum absolute atomic E-state index is 0.369. The monoisotopic (exact) mass is 282 g/mol. The minimum Gasteiger partial charge on any atom is -0.383 e. The van der Waals surface area contributed by atoms with Crippen molar-refractivity contribution in [2.75, 3.05) is 26.8 Å². The summed E-state index contributed by atoms with van der Waals surface area (Å²) in [6.07, 6.45) is 3.85. The van der Waals surface area contributed by atoms with Gasteiger partial charge in [-0.3, -0.25) is 0 Å². The van der Waals surface area contributed by atoms with Crippen LogP contribution in [0.1, 0.15) is 46.0 Å². The Balaban J connectivity index is 2.56. The van der Waals surface area contributed by atoms with E-state index in [1.54, 1.807) is 13.4 Å². The van der Waals surface area contributed by atoms with Crippen LogP contribution >= 0.6 is 0 Å². The number of hydrogen-bond donors (Lipinski definition) is 1. The van der Waals surface area contributed by atoms with E-state index in [2.05, 4.69) is 43.1 Å². The summed E-state index contributed by atoms with van der Waals surface area (Å²) in [4.78, 5) is 4.43. The van der Waals surface area contributed by atoms with E-state index in [9.17, 15) is 0 Å². The third-order valence-corrected chi connectivity index (χ3v) is 3.33. The molecule has 5 nitrogen and oxygen atoms in total. The van der Waals surface area contributed by atoms with Gasteiger partial charge in [-0.25, -0.2) is 9.67 Å². The fourth-order valence-corrected chi connectivity index (χ4v) is 2.50. The number of hydrogen-bond acceptors (Lipinski definition) is 4. The highest BCUT2D eigenvalue weighted by atomic mass is 16.5. The van der Waals surface area contributed by atoms with Crippen LogP contribution in [0.5, 0.6) is 0 Å². The van der Waals surface area contributed by atoms with Gasteiger partial charge in [-0.05, 0) is 38.6 Å². The molecule has 0 bridgehead atoms. The molecule has 0 aliphatic carbocycles. The maximum atomic E-state index is 5.07. The molecule has 0 spiro atoms. The van der Waals surface area contributed by atoms with Gasteiger partial charge >= 0.3 is 0 Å². The van der Waals surface area contributed by atoms with Gasteiger partial charge in [-0.15, -0.1) is 0 Å². The molecular weight excluding hydrogens is 252 g/mol. The van der Waals surface area contributed by atoms with Gasteiger partial charge in [0.1, 0.15) is 12.2 Å². The molecule has 0 amide bonds. The van der Waals surface area contributed by atoms with E-state index in [4.69, 9.17) is 4.74 Å². The summed E-state index contributed by atoms with van der Waals surface area (Å²) in [5.74, 6) is 2.38. The fraction of sp³-hybridized carbons (Fsp3) is 0.867. The lowest BCUT2D eigenvalue weighted by Gasteiger charge is -2.20. The van der Waals surface area contributed by atoms with Crippen LogP contribution < -0.4 is 5.32 Å². The smallest absolute Gasteiger partial charge is 0.138 e. The number of nitrogens with one attached hydrogen (secondary N) is 1. The highest BCUT2D eigenvalue weighted by Crippen LogP contribution is 2.17. The van der Waals surface area contributed by atoms with Gasteiger partial charge in [-0.2, -0.15) is 5.10 Å². The third kappa shape index (κ3) is 6.01.